The first-order valence-corrected chi connectivity index (χ1v) is 7.25. The molecule has 4 heteroatoms. The van der Waals surface area contributed by atoms with E-state index in [1.807, 2.05) is 12.1 Å². The second kappa shape index (κ2) is 6.39. The van der Waals surface area contributed by atoms with E-state index in [2.05, 4.69) is 34.8 Å². The quantitative estimate of drug-likeness (QED) is 0.782. The summed E-state index contributed by atoms with van der Waals surface area (Å²) in [7, 11) is 2.15. The number of hydrogen-bond acceptors (Lipinski definition) is 3. The molecule has 2 rings (SSSR count). The first kappa shape index (κ1) is 13.6. The van der Waals surface area contributed by atoms with Crippen LogP contribution in [0.2, 0.25) is 0 Å². The molecule has 0 saturated carbocycles. The first-order valence-electron chi connectivity index (χ1n) is 6.71. The molecular formula is C14H22ClN3. The smallest absolute Gasteiger partial charge is 0.128 e. The predicted molar refractivity (Wildman–Crippen MR) is 77.3 cm³/mol. The van der Waals surface area contributed by atoms with Crippen LogP contribution in [-0.2, 0) is 5.88 Å². The summed E-state index contributed by atoms with van der Waals surface area (Å²) in [4.78, 5) is 9.40. The Morgan fingerprint density at radius 2 is 2.11 bits per heavy atom. The van der Waals surface area contributed by atoms with Crippen LogP contribution >= 0.6 is 11.6 Å². The van der Waals surface area contributed by atoms with Gasteiger partial charge in [0.25, 0.3) is 0 Å². The highest BCUT2D eigenvalue weighted by atomic mass is 35.5. The van der Waals surface area contributed by atoms with Crippen LogP contribution in [0, 0.1) is 0 Å². The zero-order chi connectivity index (χ0) is 13.0. The number of likely N-dealkylation sites (tertiary alicyclic amines) is 1. The number of rotatable bonds is 4. The summed E-state index contributed by atoms with van der Waals surface area (Å²) in [6, 6.07) is 6.69. The van der Waals surface area contributed by atoms with Gasteiger partial charge >= 0.3 is 0 Å². The molecular weight excluding hydrogens is 246 g/mol. The molecule has 1 fully saturated rings. The van der Waals surface area contributed by atoms with Crippen LogP contribution < -0.4 is 4.90 Å². The van der Waals surface area contributed by atoms with Gasteiger partial charge in [-0.2, -0.15) is 0 Å². The minimum absolute atomic E-state index is 0.482. The molecule has 0 unspecified atom stereocenters. The van der Waals surface area contributed by atoms with Gasteiger partial charge in [0, 0.05) is 26.2 Å². The van der Waals surface area contributed by atoms with E-state index in [9.17, 15) is 0 Å². The molecule has 1 aliphatic heterocycles. The molecule has 2 heterocycles. The molecule has 1 aromatic rings. The third-order valence-electron chi connectivity index (χ3n) is 3.84. The Morgan fingerprint density at radius 1 is 1.39 bits per heavy atom. The van der Waals surface area contributed by atoms with E-state index in [4.69, 9.17) is 11.6 Å². The largest absolute Gasteiger partial charge is 0.357 e. The van der Waals surface area contributed by atoms with Crippen molar-refractivity contribution in [2.75, 3.05) is 31.6 Å². The normalized spacial score (nSPS) is 17.9. The van der Waals surface area contributed by atoms with Crippen molar-refractivity contribution in [3.63, 3.8) is 0 Å². The fourth-order valence-electron chi connectivity index (χ4n) is 2.55. The number of aromatic nitrogens is 1. The summed E-state index contributed by atoms with van der Waals surface area (Å²) in [6.45, 7) is 5.79. The third-order valence-corrected chi connectivity index (χ3v) is 4.12. The number of halogens is 1. The molecule has 0 atom stereocenters. The van der Waals surface area contributed by atoms with E-state index in [0.29, 0.717) is 11.9 Å². The van der Waals surface area contributed by atoms with E-state index < -0.39 is 0 Å². The highest BCUT2D eigenvalue weighted by molar-refractivity contribution is 6.16. The Labute approximate surface area is 115 Å². The van der Waals surface area contributed by atoms with Gasteiger partial charge < -0.3 is 9.80 Å². The van der Waals surface area contributed by atoms with Gasteiger partial charge in [-0.15, -0.1) is 11.6 Å². The fourth-order valence-corrected chi connectivity index (χ4v) is 2.70. The van der Waals surface area contributed by atoms with Gasteiger partial charge in [-0.1, -0.05) is 13.0 Å². The molecule has 0 aliphatic carbocycles. The topological polar surface area (TPSA) is 19.4 Å². The molecule has 1 saturated heterocycles. The molecule has 1 aliphatic rings. The molecule has 0 spiro atoms. The summed E-state index contributed by atoms with van der Waals surface area (Å²) in [5.41, 5.74) is 0.951. The number of nitrogens with zero attached hydrogens (tertiary/aromatic N) is 3. The lowest BCUT2D eigenvalue weighted by Gasteiger charge is -2.36. The van der Waals surface area contributed by atoms with Gasteiger partial charge in [0.1, 0.15) is 5.82 Å². The van der Waals surface area contributed by atoms with Crippen molar-refractivity contribution in [2.24, 2.45) is 0 Å². The highest BCUT2D eigenvalue weighted by Gasteiger charge is 2.22. The van der Waals surface area contributed by atoms with E-state index in [1.54, 1.807) is 0 Å². The van der Waals surface area contributed by atoms with Gasteiger partial charge in [-0.3, -0.25) is 0 Å². The van der Waals surface area contributed by atoms with E-state index in [1.165, 1.54) is 25.9 Å². The monoisotopic (exact) mass is 267 g/mol. The average molecular weight is 268 g/mol. The van der Waals surface area contributed by atoms with Crippen LogP contribution in [0.1, 0.15) is 25.5 Å². The fraction of sp³-hybridized carbons (Fsp3) is 0.643. The molecule has 0 radical (unpaired) electrons. The van der Waals surface area contributed by atoms with E-state index >= 15 is 0 Å². The Hall–Kier alpha value is -0.800. The second-order valence-electron chi connectivity index (χ2n) is 4.90. The summed E-state index contributed by atoms with van der Waals surface area (Å²) >= 11 is 5.84. The van der Waals surface area contributed by atoms with Crippen LogP contribution in [0.4, 0.5) is 5.82 Å². The Morgan fingerprint density at radius 3 is 2.72 bits per heavy atom. The molecule has 0 bridgehead atoms. The standard InChI is InChI=1S/C14H22ClN3/c1-3-18-9-7-13(8-10-18)17(2)14-6-4-5-12(11-15)16-14/h4-6,13H,3,7-11H2,1-2H3. The zero-order valence-electron chi connectivity index (χ0n) is 11.3. The maximum absolute atomic E-state index is 5.84. The molecule has 3 nitrogen and oxygen atoms in total. The zero-order valence-corrected chi connectivity index (χ0v) is 12.0. The lowest BCUT2D eigenvalue weighted by molar-refractivity contribution is 0.220. The molecule has 100 valence electrons. The Kier molecular flexibility index (Phi) is 4.84. The second-order valence-corrected chi connectivity index (χ2v) is 5.16. The van der Waals surface area contributed by atoms with Crippen molar-refractivity contribution >= 4 is 17.4 Å². The SMILES string of the molecule is CCN1CCC(N(C)c2cccc(CCl)n2)CC1. The van der Waals surface area contributed by atoms with Crippen LogP contribution in [0.15, 0.2) is 18.2 Å². The van der Waals surface area contributed by atoms with Crippen molar-refractivity contribution in [1.82, 2.24) is 9.88 Å². The molecule has 0 aromatic carbocycles. The Balaban J connectivity index is 2.00. The summed E-state index contributed by atoms with van der Waals surface area (Å²) in [6.07, 6.45) is 2.44. The summed E-state index contributed by atoms with van der Waals surface area (Å²) < 4.78 is 0. The number of pyridine rings is 1. The predicted octanol–water partition coefficient (Wildman–Crippen LogP) is 2.74. The maximum Gasteiger partial charge on any atom is 0.128 e. The lowest BCUT2D eigenvalue weighted by atomic mass is 10.0. The lowest BCUT2D eigenvalue weighted by Crippen LogP contribution is -2.43. The number of piperidine rings is 1. The molecule has 0 amide bonds. The van der Waals surface area contributed by atoms with E-state index in [-0.39, 0.29) is 0 Å². The minimum Gasteiger partial charge on any atom is -0.357 e. The minimum atomic E-state index is 0.482. The molecule has 1 aromatic heterocycles. The van der Waals surface area contributed by atoms with E-state index in [0.717, 1.165) is 18.1 Å². The first-order chi connectivity index (χ1) is 8.74. The van der Waals surface area contributed by atoms with Gasteiger partial charge in [0.05, 0.1) is 11.6 Å². The number of anilines is 1. The highest BCUT2D eigenvalue weighted by Crippen LogP contribution is 2.20. The number of alkyl halides is 1. The van der Waals surface area contributed by atoms with Crippen LogP contribution in [0.5, 0.6) is 0 Å². The van der Waals surface area contributed by atoms with Crippen molar-refractivity contribution in [2.45, 2.75) is 31.7 Å². The van der Waals surface area contributed by atoms with Gasteiger partial charge in [-0.25, -0.2) is 4.98 Å². The average Bonchev–Trinajstić information content (AvgIpc) is 2.46. The Bertz CT molecular complexity index is 375. The summed E-state index contributed by atoms with van der Waals surface area (Å²) in [5, 5.41) is 0. The van der Waals surface area contributed by atoms with Gasteiger partial charge in [0.15, 0.2) is 0 Å². The molecule has 18 heavy (non-hydrogen) atoms. The number of hydrogen-bond donors (Lipinski definition) is 0. The van der Waals surface area contributed by atoms with Crippen molar-refractivity contribution in [1.29, 1.82) is 0 Å². The molecule has 0 N–H and O–H groups in total. The van der Waals surface area contributed by atoms with Crippen molar-refractivity contribution < 1.29 is 0 Å². The van der Waals surface area contributed by atoms with Crippen LogP contribution in [0.25, 0.3) is 0 Å². The maximum atomic E-state index is 5.84. The van der Waals surface area contributed by atoms with Crippen molar-refractivity contribution in [3.8, 4) is 0 Å². The van der Waals surface area contributed by atoms with Crippen molar-refractivity contribution in [3.05, 3.63) is 23.9 Å². The van der Waals surface area contributed by atoms with Crippen LogP contribution in [-0.4, -0.2) is 42.6 Å². The summed E-state index contributed by atoms with van der Waals surface area (Å²) in [5.74, 6) is 1.53. The van der Waals surface area contributed by atoms with Gasteiger partial charge in [0.2, 0.25) is 0 Å². The third kappa shape index (κ3) is 3.15. The van der Waals surface area contributed by atoms with Gasteiger partial charge in [-0.05, 0) is 31.5 Å². The van der Waals surface area contributed by atoms with Crippen LogP contribution in [0.3, 0.4) is 0 Å².